The van der Waals surface area contributed by atoms with Crippen molar-refractivity contribution >= 4 is 23.2 Å². The maximum absolute atomic E-state index is 13.1. The van der Waals surface area contributed by atoms with Gasteiger partial charge in [0.1, 0.15) is 11.9 Å². The summed E-state index contributed by atoms with van der Waals surface area (Å²) in [5.41, 5.74) is 2.44. The van der Waals surface area contributed by atoms with Crippen LogP contribution in [0.3, 0.4) is 0 Å². The summed E-state index contributed by atoms with van der Waals surface area (Å²) < 4.78 is 13.1. The van der Waals surface area contributed by atoms with Crippen LogP contribution in [0.1, 0.15) is 38.2 Å². The van der Waals surface area contributed by atoms with Crippen LogP contribution in [0, 0.1) is 5.82 Å². The van der Waals surface area contributed by atoms with Gasteiger partial charge in [-0.2, -0.15) is 0 Å². The Kier molecular flexibility index (Phi) is 4.83. The predicted molar refractivity (Wildman–Crippen MR) is 96.1 cm³/mol. The molecule has 130 valence electrons. The number of nitrogens with one attached hydrogen (secondary N) is 1. The van der Waals surface area contributed by atoms with Gasteiger partial charge in [-0.25, -0.2) is 4.39 Å². The summed E-state index contributed by atoms with van der Waals surface area (Å²) in [4.78, 5) is 26.3. The van der Waals surface area contributed by atoms with Gasteiger partial charge in [0.2, 0.25) is 11.8 Å². The largest absolute Gasteiger partial charge is 0.324 e. The van der Waals surface area contributed by atoms with Crippen LogP contribution in [0.25, 0.3) is 0 Å². The van der Waals surface area contributed by atoms with Crippen molar-refractivity contribution in [1.82, 2.24) is 0 Å². The lowest BCUT2D eigenvalue weighted by Crippen LogP contribution is -2.41. The predicted octanol–water partition coefficient (Wildman–Crippen LogP) is 4.08. The van der Waals surface area contributed by atoms with Crippen LogP contribution in [0.4, 0.5) is 15.8 Å². The number of carbonyl (C=O) groups is 2. The molecule has 0 aromatic heterocycles. The number of carbonyl (C=O) groups excluding carboxylic acids is 2. The molecular weight excluding hydrogens is 319 g/mol. The van der Waals surface area contributed by atoms with Crippen molar-refractivity contribution in [3.8, 4) is 0 Å². The third kappa shape index (κ3) is 3.71. The van der Waals surface area contributed by atoms with E-state index < -0.39 is 6.04 Å². The van der Waals surface area contributed by atoms with Gasteiger partial charge < -0.3 is 5.32 Å². The number of nitrogens with zero attached hydrogens (tertiary/aromatic N) is 1. The second kappa shape index (κ2) is 7.05. The van der Waals surface area contributed by atoms with Gasteiger partial charge >= 0.3 is 0 Å². The Labute approximate surface area is 146 Å². The van der Waals surface area contributed by atoms with Crippen molar-refractivity contribution in [2.75, 3.05) is 10.2 Å². The molecule has 1 aliphatic heterocycles. The van der Waals surface area contributed by atoms with Crippen LogP contribution in [-0.4, -0.2) is 17.9 Å². The molecule has 1 unspecified atom stereocenters. The standard InChI is InChI=1S/C20H21FN2O2/c1-13(2)14-3-7-16(8-4-14)22-20(25)18-11-12-19(24)23(18)17-9-5-15(21)6-10-17/h3-10,13,18H,11-12H2,1-2H3,(H,22,25). The molecule has 1 fully saturated rings. The maximum Gasteiger partial charge on any atom is 0.247 e. The number of anilines is 2. The van der Waals surface area contributed by atoms with E-state index in [1.165, 1.54) is 34.7 Å². The summed E-state index contributed by atoms with van der Waals surface area (Å²) >= 11 is 0. The van der Waals surface area contributed by atoms with E-state index in [0.717, 1.165) is 0 Å². The number of amides is 2. The molecule has 0 radical (unpaired) electrons. The first-order valence-electron chi connectivity index (χ1n) is 8.44. The van der Waals surface area contributed by atoms with E-state index in [9.17, 15) is 14.0 Å². The first kappa shape index (κ1) is 17.1. The fraction of sp³-hybridized carbons (Fsp3) is 0.300. The first-order valence-corrected chi connectivity index (χ1v) is 8.44. The summed E-state index contributed by atoms with van der Waals surface area (Å²) in [6.45, 7) is 4.22. The van der Waals surface area contributed by atoms with Gasteiger partial charge in [0.15, 0.2) is 0 Å². The number of benzene rings is 2. The van der Waals surface area contributed by atoms with Crippen LogP contribution >= 0.6 is 0 Å². The summed E-state index contributed by atoms with van der Waals surface area (Å²) in [5.74, 6) is -0.304. The molecule has 0 saturated carbocycles. The zero-order valence-corrected chi connectivity index (χ0v) is 14.3. The van der Waals surface area contributed by atoms with Gasteiger partial charge in [-0.1, -0.05) is 26.0 Å². The van der Waals surface area contributed by atoms with E-state index >= 15 is 0 Å². The lowest BCUT2D eigenvalue weighted by atomic mass is 10.0. The normalized spacial score (nSPS) is 17.2. The Morgan fingerprint density at radius 3 is 2.36 bits per heavy atom. The molecule has 1 saturated heterocycles. The highest BCUT2D eigenvalue weighted by Gasteiger charge is 2.37. The average molecular weight is 340 g/mol. The number of hydrogen-bond donors (Lipinski definition) is 1. The summed E-state index contributed by atoms with van der Waals surface area (Å²) in [6, 6.07) is 12.8. The Balaban J connectivity index is 1.76. The first-order chi connectivity index (χ1) is 12.0. The lowest BCUT2D eigenvalue weighted by Gasteiger charge is -2.24. The maximum atomic E-state index is 13.1. The molecular formula is C20H21FN2O2. The Bertz CT molecular complexity index is 769. The minimum absolute atomic E-state index is 0.123. The fourth-order valence-corrected chi connectivity index (χ4v) is 3.03. The lowest BCUT2D eigenvalue weighted by molar-refractivity contribution is -0.120. The topological polar surface area (TPSA) is 49.4 Å². The van der Waals surface area contributed by atoms with Crippen LogP contribution in [0.2, 0.25) is 0 Å². The molecule has 4 nitrogen and oxygen atoms in total. The number of rotatable bonds is 4. The Morgan fingerprint density at radius 2 is 1.76 bits per heavy atom. The van der Waals surface area contributed by atoms with E-state index in [-0.39, 0.29) is 17.6 Å². The molecule has 0 aliphatic carbocycles. The molecule has 0 spiro atoms. The van der Waals surface area contributed by atoms with Crippen molar-refractivity contribution in [1.29, 1.82) is 0 Å². The van der Waals surface area contributed by atoms with Gasteiger partial charge in [-0.05, 0) is 54.3 Å². The highest BCUT2D eigenvalue weighted by molar-refractivity contribution is 6.07. The summed E-state index contributed by atoms with van der Waals surface area (Å²) in [5, 5.41) is 2.87. The SMILES string of the molecule is CC(C)c1ccc(NC(=O)C2CCC(=O)N2c2ccc(F)cc2)cc1. The van der Waals surface area contributed by atoms with Crippen LogP contribution < -0.4 is 10.2 Å². The van der Waals surface area contributed by atoms with Crippen molar-refractivity contribution in [2.24, 2.45) is 0 Å². The zero-order chi connectivity index (χ0) is 18.0. The molecule has 2 amide bonds. The quantitative estimate of drug-likeness (QED) is 0.911. The second-order valence-electron chi connectivity index (χ2n) is 6.56. The van der Waals surface area contributed by atoms with Crippen molar-refractivity contribution in [2.45, 2.75) is 38.6 Å². The minimum atomic E-state index is -0.581. The third-order valence-electron chi connectivity index (χ3n) is 4.46. The number of hydrogen-bond acceptors (Lipinski definition) is 2. The summed E-state index contributed by atoms with van der Waals surface area (Å²) in [7, 11) is 0. The monoisotopic (exact) mass is 340 g/mol. The molecule has 1 aliphatic rings. The average Bonchev–Trinajstić information content (AvgIpc) is 2.98. The van der Waals surface area contributed by atoms with Crippen LogP contribution in [0.5, 0.6) is 0 Å². The molecule has 3 rings (SSSR count). The van der Waals surface area contributed by atoms with E-state index in [1.807, 2.05) is 24.3 Å². The van der Waals surface area contributed by atoms with E-state index in [4.69, 9.17) is 0 Å². The highest BCUT2D eigenvalue weighted by Crippen LogP contribution is 2.28. The van der Waals surface area contributed by atoms with Crippen molar-refractivity contribution in [3.05, 3.63) is 59.9 Å². The van der Waals surface area contributed by atoms with E-state index in [0.29, 0.717) is 30.1 Å². The molecule has 2 aromatic rings. The molecule has 25 heavy (non-hydrogen) atoms. The molecule has 1 N–H and O–H groups in total. The molecule has 1 heterocycles. The van der Waals surface area contributed by atoms with E-state index in [1.54, 1.807) is 0 Å². The van der Waals surface area contributed by atoms with Gasteiger partial charge in [0.25, 0.3) is 0 Å². The van der Waals surface area contributed by atoms with Crippen molar-refractivity contribution < 1.29 is 14.0 Å². The Hall–Kier alpha value is -2.69. The second-order valence-corrected chi connectivity index (χ2v) is 6.56. The van der Waals surface area contributed by atoms with E-state index in [2.05, 4.69) is 19.2 Å². The minimum Gasteiger partial charge on any atom is -0.324 e. The molecule has 2 aromatic carbocycles. The van der Waals surface area contributed by atoms with Crippen LogP contribution in [-0.2, 0) is 9.59 Å². The smallest absolute Gasteiger partial charge is 0.247 e. The van der Waals surface area contributed by atoms with Crippen molar-refractivity contribution in [3.63, 3.8) is 0 Å². The highest BCUT2D eigenvalue weighted by atomic mass is 19.1. The number of halogens is 1. The van der Waals surface area contributed by atoms with Gasteiger partial charge in [-0.15, -0.1) is 0 Å². The Morgan fingerprint density at radius 1 is 1.12 bits per heavy atom. The van der Waals surface area contributed by atoms with Gasteiger partial charge in [-0.3, -0.25) is 14.5 Å². The molecule has 5 heteroatoms. The van der Waals surface area contributed by atoms with Gasteiger partial charge in [0, 0.05) is 17.8 Å². The van der Waals surface area contributed by atoms with Gasteiger partial charge in [0.05, 0.1) is 0 Å². The molecule has 1 atom stereocenters. The zero-order valence-electron chi connectivity index (χ0n) is 14.3. The van der Waals surface area contributed by atoms with Crippen LogP contribution in [0.15, 0.2) is 48.5 Å². The third-order valence-corrected chi connectivity index (χ3v) is 4.46. The summed E-state index contributed by atoms with van der Waals surface area (Å²) in [6.07, 6.45) is 0.758. The fourth-order valence-electron chi connectivity index (χ4n) is 3.03. The molecule has 0 bridgehead atoms.